The second-order valence-corrected chi connectivity index (χ2v) is 5.50. The van der Waals surface area contributed by atoms with E-state index in [1.807, 2.05) is 31.2 Å². The second-order valence-electron chi connectivity index (χ2n) is 4.58. The van der Waals surface area contributed by atoms with Gasteiger partial charge in [-0.05, 0) is 30.7 Å². The number of hydrogen-bond donors (Lipinski definition) is 1. The maximum absolute atomic E-state index is 14.1. The van der Waals surface area contributed by atoms with Crippen molar-refractivity contribution in [3.63, 3.8) is 0 Å². The molecule has 0 aliphatic rings. The van der Waals surface area contributed by atoms with E-state index in [1.54, 1.807) is 12.1 Å². The Morgan fingerprint density at radius 2 is 2.00 bits per heavy atom. The molecule has 21 heavy (non-hydrogen) atoms. The minimum atomic E-state index is -0.899. The number of methoxy groups -OCH3 is 1. The summed E-state index contributed by atoms with van der Waals surface area (Å²) in [5.41, 5.74) is 1.97. The van der Waals surface area contributed by atoms with Crippen molar-refractivity contribution >= 4 is 27.6 Å². The molecule has 0 saturated carbocycles. The summed E-state index contributed by atoms with van der Waals surface area (Å²) in [5, 5.41) is 3.04. The third-order valence-electron chi connectivity index (χ3n) is 3.16. The number of carbonyl (C=O) groups excluding carboxylic acids is 1. The molecule has 1 atom stereocenters. The van der Waals surface area contributed by atoms with Crippen LogP contribution in [0.25, 0.3) is 0 Å². The SMILES string of the molecule is COC(=O)C(Nc1ccccc1C)c1ccc(Br)cc1F. The van der Waals surface area contributed by atoms with E-state index in [0.29, 0.717) is 4.47 Å². The van der Waals surface area contributed by atoms with Crippen LogP contribution in [0.3, 0.4) is 0 Å². The van der Waals surface area contributed by atoms with E-state index in [1.165, 1.54) is 13.2 Å². The first-order valence-corrected chi connectivity index (χ1v) is 7.17. The molecule has 0 saturated heterocycles. The number of nitrogens with one attached hydrogen (secondary N) is 1. The number of halogens is 2. The monoisotopic (exact) mass is 351 g/mol. The number of rotatable bonds is 4. The van der Waals surface area contributed by atoms with Crippen LogP contribution in [-0.2, 0) is 9.53 Å². The van der Waals surface area contributed by atoms with Gasteiger partial charge in [-0.2, -0.15) is 0 Å². The molecule has 1 unspecified atom stereocenters. The standard InChI is InChI=1S/C16H15BrFNO2/c1-10-5-3-4-6-14(10)19-15(16(20)21-2)12-8-7-11(17)9-13(12)18/h3-9,15,19H,1-2H3. The van der Waals surface area contributed by atoms with Crippen molar-refractivity contribution < 1.29 is 13.9 Å². The Bertz CT molecular complexity index is 660. The van der Waals surface area contributed by atoms with E-state index in [2.05, 4.69) is 21.2 Å². The first-order chi connectivity index (χ1) is 10.0. The molecule has 0 fully saturated rings. The third-order valence-corrected chi connectivity index (χ3v) is 3.65. The summed E-state index contributed by atoms with van der Waals surface area (Å²) in [6.07, 6.45) is 0. The lowest BCUT2D eigenvalue weighted by molar-refractivity contribution is -0.141. The fourth-order valence-electron chi connectivity index (χ4n) is 2.01. The van der Waals surface area contributed by atoms with Crippen molar-refractivity contribution in [2.45, 2.75) is 13.0 Å². The minimum Gasteiger partial charge on any atom is -0.467 e. The molecule has 3 nitrogen and oxygen atoms in total. The Hall–Kier alpha value is -1.88. The molecule has 0 spiro atoms. The molecule has 0 heterocycles. The highest BCUT2D eigenvalue weighted by atomic mass is 79.9. The molecule has 2 rings (SSSR count). The first kappa shape index (κ1) is 15.5. The first-order valence-electron chi connectivity index (χ1n) is 6.38. The number of aryl methyl sites for hydroxylation is 1. The molecule has 0 aliphatic heterocycles. The average Bonchev–Trinajstić information content (AvgIpc) is 2.46. The van der Waals surface area contributed by atoms with Crippen molar-refractivity contribution in [3.8, 4) is 0 Å². The van der Waals surface area contributed by atoms with Crippen molar-refractivity contribution in [1.82, 2.24) is 0 Å². The molecule has 1 N–H and O–H groups in total. The van der Waals surface area contributed by atoms with E-state index in [-0.39, 0.29) is 5.56 Å². The predicted octanol–water partition coefficient (Wildman–Crippen LogP) is 4.22. The van der Waals surface area contributed by atoms with Gasteiger partial charge in [0.2, 0.25) is 0 Å². The maximum atomic E-state index is 14.1. The zero-order valence-electron chi connectivity index (χ0n) is 11.7. The number of ether oxygens (including phenoxy) is 1. The molecule has 0 aromatic heterocycles. The van der Waals surface area contributed by atoms with Crippen LogP contribution in [0, 0.1) is 12.7 Å². The van der Waals surface area contributed by atoms with Crippen LogP contribution in [0.4, 0.5) is 10.1 Å². The lowest BCUT2D eigenvalue weighted by Crippen LogP contribution is -2.23. The largest absolute Gasteiger partial charge is 0.467 e. The van der Waals surface area contributed by atoms with Crippen molar-refractivity contribution in [3.05, 3.63) is 63.9 Å². The lowest BCUT2D eigenvalue weighted by Gasteiger charge is -2.20. The number of para-hydroxylation sites is 1. The molecule has 0 bridgehead atoms. The fraction of sp³-hybridized carbons (Fsp3) is 0.188. The normalized spacial score (nSPS) is 11.8. The fourth-order valence-corrected chi connectivity index (χ4v) is 2.34. The van der Waals surface area contributed by atoms with Crippen LogP contribution in [0.1, 0.15) is 17.2 Å². The highest BCUT2D eigenvalue weighted by Gasteiger charge is 2.25. The summed E-state index contributed by atoms with van der Waals surface area (Å²) in [5.74, 6) is -1.01. The van der Waals surface area contributed by atoms with Gasteiger partial charge in [-0.15, -0.1) is 0 Å². The number of anilines is 1. The molecule has 0 aliphatic carbocycles. The highest BCUT2D eigenvalue weighted by Crippen LogP contribution is 2.27. The Balaban J connectivity index is 2.40. The number of hydrogen-bond acceptors (Lipinski definition) is 3. The van der Waals surface area contributed by atoms with Gasteiger partial charge in [0.25, 0.3) is 0 Å². The van der Waals surface area contributed by atoms with Gasteiger partial charge in [-0.25, -0.2) is 9.18 Å². The van der Waals surface area contributed by atoms with E-state index < -0.39 is 17.8 Å². The summed E-state index contributed by atoms with van der Waals surface area (Å²) in [4.78, 5) is 12.0. The summed E-state index contributed by atoms with van der Waals surface area (Å²) < 4.78 is 19.5. The van der Waals surface area contributed by atoms with Gasteiger partial charge >= 0.3 is 5.97 Å². The average molecular weight is 352 g/mol. The Kier molecular flexibility index (Phi) is 4.96. The zero-order valence-corrected chi connectivity index (χ0v) is 13.3. The lowest BCUT2D eigenvalue weighted by atomic mass is 10.0. The van der Waals surface area contributed by atoms with Crippen molar-refractivity contribution in [2.24, 2.45) is 0 Å². The van der Waals surface area contributed by atoms with Crippen LogP contribution in [0.5, 0.6) is 0 Å². The van der Waals surface area contributed by atoms with Crippen LogP contribution in [0.15, 0.2) is 46.9 Å². The van der Waals surface area contributed by atoms with E-state index in [4.69, 9.17) is 4.74 Å². The Morgan fingerprint density at radius 3 is 2.62 bits per heavy atom. The van der Waals surface area contributed by atoms with Crippen LogP contribution in [0.2, 0.25) is 0 Å². The summed E-state index contributed by atoms with van der Waals surface area (Å²) >= 11 is 3.20. The van der Waals surface area contributed by atoms with Crippen molar-refractivity contribution in [2.75, 3.05) is 12.4 Å². The molecule has 2 aromatic carbocycles. The summed E-state index contributed by atoms with van der Waals surface area (Å²) in [6.45, 7) is 1.91. The van der Waals surface area contributed by atoms with Gasteiger partial charge in [-0.1, -0.05) is 40.2 Å². The van der Waals surface area contributed by atoms with E-state index in [0.717, 1.165) is 11.3 Å². The van der Waals surface area contributed by atoms with Gasteiger partial charge in [-0.3, -0.25) is 0 Å². The van der Waals surface area contributed by atoms with E-state index >= 15 is 0 Å². The topological polar surface area (TPSA) is 38.3 Å². The Morgan fingerprint density at radius 1 is 1.29 bits per heavy atom. The summed E-state index contributed by atoms with van der Waals surface area (Å²) in [7, 11) is 1.28. The van der Waals surface area contributed by atoms with Gasteiger partial charge in [0.05, 0.1) is 7.11 Å². The van der Waals surface area contributed by atoms with Crippen LogP contribution < -0.4 is 5.32 Å². The molecular formula is C16H15BrFNO2. The Labute approximate surface area is 131 Å². The summed E-state index contributed by atoms with van der Waals surface area (Å²) in [6, 6.07) is 11.2. The number of benzene rings is 2. The van der Waals surface area contributed by atoms with Gasteiger partial charge < -0.3 is 10.1 Å². The predicted molar refractivity (Wildman–Crippen MR) is 83.7 cm³/mol. The minimum absolute atomic E-state index is 0.244. The van der Waals surface area contributed by atoms with Crippen LogP contribution in [-0.4, -0.2) is 13.1 Å². The smallest absolute Gasteiger partial charge is 0.333 e. The molecule has 2 aromatic rings. The number of esters is 1. The van der Waals surface area contributed by atoms with Crippen LogP contribution >= 0.6 is 15.9 Å². The molecule has 5 heteroatoms. The third kappa shape index (κ3) is 3.61. The molecule has 0 radical (unpaired) electrons. The zero-order chi connectivity index (χ0) is 15.4. The molecule has 110 valence electrons. The maximum Gasteiger partial charge on any atom is 0.333 e. The highest BCUT2D eigenvalue weighted by molar-refractivity contribution is 9.10. The van der Waals surface area contributed by atoms with Gasteiger partial charge in [0, 0.05) is 15.7 Å². The molecule has 0 amide bonds. The molecular weight excluding hydrogens is 337 g/mol. The van der Waals surface area contributed by atoms with E-state index in [9.17, 15) is 9.18 Å². The second kappa shape index (κ2) is 6.72. The van der Waals surface area contributed by atoms with Crippen molar-refractivity contribution in [1.29, 1.82) is 0 Å². The number of carbonyl (C=O) groups is 1. The van der Waals surface area contributed by atoms with Gasteiger partial charge in [0.1, 0.15) is 5.82 Å². The quantitative estimate of drug-likeness (QED) is 0.838. The van der Waals surface area contributed by atoms with Gasteiger partial charge in [0.15, 0.2) is 6.04 Å².